The summed E-state index contributed by atoms with van der Waals surface area (Å²) in [5.74, 6) is 14.7. The van der Waals surface area contributed by atoms with Crippen molar-refractivity contribution in [1.82, 2.24) is 36.0 Å². The van der Waals surface area contributed by atoms with Gasteiger partial charge < -0.3 is 87.6 Å². The second-order valence-corrected chi connectivity index (χ2v) is 44.5. The molecular weight excluding hydrogens is 1550 g/mol. The Kier molecular flexibility index (Phi) is 108. The van der Waals surface area contributed by atoms with Crippen LogP contribution in [-0.2, 0) is 0 Å². The number of piperidine rings is 2. The third-order valence-electron chi connectivity index (χ3n) is 25.2. The lowest BCUT2D eigenvalue weighted by molar-refractivity contribution is 0.217. The Morgan fingerprint density at radius 3 is 1.05 bits per heavy atom. The molecule has 7 fully saturated rings. The maximum absolute atomic E-state index is 5.98. The molecule has 0 aromatic heterocycles. The molecule has 0 amide bonds. The van der Waals surface area contributed by atoms with Gasteiger partial charge in [0.15, 0.2) is 0 Å². The summed E-state index contributed by atoms with van der Waals surface area (Å²) in [5, 5.41) is 13.2. The molecule has 11 atom stereocenters. The van der Waals surface area contributed by atoms with Gasteiger partial charge in [0.05, 0.1) is 0 Å². The van der Waals surface area contributed by atoms with Crippen molar-refractivity contribution in [1.29, 1.82) is 0 Å². The first-order valence-corrected chi connectivity index (χ1v) is 51.9. The lowest BCUT2D eigenvalue weighted by Crippen LogP contribution is -2.44. The highest BCUT2D eigenvalue weighted by atomic mass is 32.1. The van der Waals surface area contributed by atoms with E-state index in [0.717, 1.165) is 133 Å². The molecule has 0 aromatic carbocycles. The van der Waals surface area contributed by atoms with E-state index in [-0.39, 0.29) is 38.4 Å². The summed E-state index contributed by atoms with van der Waals surface area (Å²) in [6, 6.07) is 2.98. The highest BCUT2D eigenvalue weighted by Crippen LogP contribution is 2.30. The molecule has 6 unspecified atom stereocenters. The van der Waals surface area contributed by atoms with E-state index in [2.05, 4.69) is 265 Å². The van der Waals surface area contributed by atoms with Crippen LogP contribution in [-0.4, -0.2) is 183 Å². The molecule has 2 saturated carbocycles. The molecule has 22 N–H and O–H groups in total. The summed E-state index contributed by atoms with van der Waals surface area (Å²) in [4.78, 5) is 7.45. The number of rotatable bonds is 31. The van der Waals surface area contributed by atoms with Gasteiger partial charge in [-0.1, -0.05) is 240 Å². The minimum atomic E-state index is 0. The Morgan fingerprint density at radius 1 is 0.398 bits per heavy atom. The Hall–Kier alpha value is 0.0600. The molecule has 5 heterocycles. The largest absolute Gasteiger partial charge is 0.330 e. The molecule has 18 heteroatoms. The Labute approximate surface area is 791 Å². The average Bonchev–Trinajstić information content (AvgIpc) is 1.51. The van der Waals surface area contributed by atoms with Crippen LogP contribution in [0.5, 0.6) is 0 Å². The number of hydrogen-bond acceptors (Lipinski definition) is 16. The second-order valence-electron chi connectivity index (χ2n) is 44.5. The average molecular weight is 1800 g/mol. The number of nitrogens with zero attached hydrogens (tertiary/aromatic N) is 3. The molecule has 123 heavy (non-hydrogen) atoms. The molecule has 7 rings (SSSR count). The van der Waals surface area contributed by atoms with Gasteiger partial charge in [-0.2, -0.15) is 27.0 Å². The van der Waals surface area contributed by atoms with E-state index < -0.39 is 0 Å². The van der Waals surface area contributed by atoms with Gasteiger partial charge in [-0.05, 0) is 393 Å². The molecule has 756 valence electrons. The standard InChI is InChI=1S/2C10H21N.2C9H19N.C8H17N.C8H19N.C7H15N.2C7H17N.2C6H16N2.C6H13N.2C6H15N.2H2S/c1-10(2)6-5-9-11-7-3-4-8-11;1-10(2)6-9-11-7-4-3-5-8-11;2*1-7(2)8-5-3-4-6-9(8)10;1-7(2)8-4-3-5-9-6-8;1-8(2)6-5-7-9(3)4;1-6(2)7-4-3-5-8-7;1-7(2)5-4-6-8-3;1-6(2)4-5-7(3)8;1-6(2,3)5(8)4-7;1-5(2)6(8)3-4-7;1-5(2)6-3-7-4-6;1-5(2)6(3)4-7;1-5(2)4-6(3)7;;/h2*10H,3-9H2,1-2H3;2*7-9H,3-6,10H2,1-2H3;7-9H,3-6H2,1-2H3;8H,5-7H2,1-4H3;6-8H,3-5H2,1-2H3;7-8H,4-6H2,1-3H3;6-7H,4-5,8H2,1-3H3;5H,4,7-8H2,1-3H3;5-6H,3-4,7-8H2,1-2H3;5-7H,3-4H2,1-2H3;2*5-6H,4,7H2,1-3H3;2*1H2/t;;2*8-,9+;;;7-;;;;;;;;;/m..10..0........./s1. The van der Waals surface area contributed by atoms with Crippen LogP contribution >= 0.6 is 27.0 Å². The number of nitrogens with one attached hydrogen (secondary N) is 4. The van der Waals surface area contributed by atoms with Gasteiger partial charge in [-0.25, -0.2) is 0 Å². The van der Waals surface area contributed by atoms with Crippen LogP contribution in [0, 0.1) is 112 Å². The Morgan fingerprint density at radius 2 is 0.821 bits per heavy atom. The smallest absolute Gasteiger partial charge is 0.0212 e. The first-order valence-electron chi connectivity index (χ1n) is 51.9. The Balaban J connectivity index is -0.000000163. The van der Waals surface area contributed by atoms with Crippen LogP contribution in [0.4, 0.5) is 0 Å². The predicted molar refractivity (Wildman–Crippen MR) is 575 cm³/mol. The summed E-state index contributed by atoms with van der Waals surface area (Å²) in [7, 11) is 6.25. The highest BCUT2D eigenvalue weighted by Gasteiger charge is 2.26. The summed E-state index contributed by atoms with van der Waals surface area (Å²) < 4.78 is 0. The van der Waals surface area contributed by atoms with E-state index in [0.29, 0.717) is 55.1 Å². The lowest BCUT2D eigenvalue weighted by atomic mass is 9.78. The first kappa shape index (κ1) is 141. The molecule has 0 bridgehead atoms. The van der Waals surface area contributed by atoms with E-state index in [1.54, 1.807) is 0 Å². The minimum absolute atomic E-state index is 0. The van der Waals surface area contributed by atoms with Crippen molar-refractivity contribution < 1.29 is 0 Å². The lowest BCUT2D eigenvalue weighted by Gasteiger charge is -2.31. The molecular formula is C105H244N16S2. The van der Waals surface area contributed by atoms with Crippen LogP contribution in [0.2, 0.25) is 0 Å². The molecule has 0 spiro atoms. The summed E-state index contributed by atoms with van der Waals surface area (Å²) in [6.07, 6.45) is 37.5. The van der Waals surface area contributed by atoms with Crippen LogP contribution in [0.15, 0.2) is 0 Å². The van der Waals surface area contributed by atoms with Crippen LogP contribution in [0.3, 0.4) is 0 Å². The van der Waals surface area contributed by atoms with E-state index in [1.807, 2.05) is 14.0 Å². The molecule has 7 aliphatic rings. The van der Waals surface area contributed by atoms with Crippen molar-refractivity contribution in [2.45, 2.75) is 444 Å². The van der Waals surface area contributed by atoms with E-state index in [1.165, 1.54) is 239 Å². The zero-order chi connectivity index (χ0) is 94.6. The van der Waals surface area contributed by atoms with Crippen LogP contribution < -0.4 is 72.9 Å². The molecule has 5 aliphatic heterocycles. The van der Waals surface area contributed by atoms with Gasteiger partial charge in [-0.3, -0.25) is 0 Å². The number of likely N-dealkylation sites (tertiary alicyclic amines) is 2. The Bertz CT molecular complexity index is 1920. The maximum atomic E-state index is 5.98. The topological polar surface area (TPSA) is 292 Å². The van der Waals surface area contributed by atoms with Crippen LogP contribution in [0.1, 0.15) is 401 Å². The zero-order valence-electron chi connectivity index (χ0n) is 90.6. The van der Waals surface area contributed by atoms with Gasteiger partial charge in [0.25, 0.3) is 0 Å². The van der Waals surface area contributed by atoms with Gasteiger partial charge in [0.2, 0.25) is 0 Å². The van der Waals surface area contributed by atoms with Crippen molar-refractivity contribution in [2.75, 3.05) is 126 Å². The van der Waals surface area contributed by atoms with Crippen LogP contribution in [0.25, 0.3) is 0 Å². The zero-order valence-corrected chi connectivity index (χ0v) is 92.6. The number of nitrogens with two attached hydrogens (primary N) is 9. The van der Waals surface area contributed by atoms with Gasteiger partial charge in [-0.15, -0.1) is 0 Å². The summed E-state index contributed by atoms with van der Waals surface area (Å²) >= 11 is 0. The fourth-order valence-corrected chi connectivity index (χ4v) is 14.9. The quantitative estimate of drug-likeness (QED) is 0.0287. The predicted octanol–water partition coefficient (Wildman–Crippen LogP) is 22.1. The molecule has 2 aliphatic carbocycles. The van der Waals surface area contributed by atoms with Crippen molar-refractivity contribution in [2.24, 2.45) is 164 Å². The minimum Gasteiger partial charge on any atom is -0.330 e. The molecule has 5 saturated heterocycles. The highest BCUT2D eigenvalue weighted by molar-refractivity contribution is 7.59. The number of hydrogen-bond donors (Lipinski definition) is 13. The van der Waals surface area contributed by atoms with Crippen molar-refractivity contribution in [3.8, 4) is 0 Å². The van der Waals surface area contributed by atoms with Crippen molar-refractivity contribution in [3.05, 3.63) is 0 Å². The third-order valence-corrected chi connectivity index (χ3v) is 25.2. The van der Waals surface area contributed by atoms with Gasteiger partial charge in [0, 0.05) is 48.8 Å². The fraction of sp³-hybridized carbons (Fsp3) is 1.00. The molecule has 16 nitrogen and oxygen atoms in total. The molecule has 0 radical (unpaired) electrons. The SMILES string of the molecule is CC(C)(C)C(N)CN.CC(C)C(C)CN.CC(C)C(N)CCN.CC(C)C1CCCNC1.CC(C)C1CNC1.CC(C)CC(C)N.CC(C)CCC(C)N.CC(C)CCCN(C)C.CC(C)CCCN1CCCC1.CC(C)CCN1CCCCC1.CC(C)[C@@H]1CCCC[C@H]1N.CC(C)[C@@H]1CCCN1.CC(C)[C@H]1CCCC[C@@H]1N.CNCCCC(C)C.S.S. The first-order chi connectivity index (χ1) is 56.4. The van der Waals surface area contributed by atoms with Crippen molar-refractivity contribution >= 4 is 27.0 Å². The van der Waals surface area contributed by atoms with Gasteiger partial charge >= 0.3 is 0 Å². The normalized spacial score (nSPS) is 20.8. The third kappa shape index (κ3) is 104. The van der Waals surface area contributed by atoms with E-state index in [9.17, 15) is 0 Å². The fourth-order valence-electron chi connectivity index (χ4n) is 14.9. The van der Waals surface area contributed by atoms with E-state index in [4.69, 9.17) is 51.6 Å². The van der Waals surface area contributed by atoms with E-state index >= 15 is 0 Å². The summed E-state index contributed by atoms with van der Waals surface area (Å²) in [5.41, 5.74) is 50.4. The maximum Gasteiger partial charge on any atom is 0.0212 e. The van der Waals surface area contributed by atoms with Gasteiger partial charge in [0.1, 0.15) is 0 Å². The summed E-state index contributed by atoms with van der Waals surface area (Å²) in [6.45, 7) is 90.0. The van der Waals surface area contributed by atoms with Crippen molar-refractivity contribution in [3.63, 3.8) is 0 Å². The second kappa shape index (κ2) is 93.9. The molecule has 0 aromatic rings. The monoisotopic (exact) mass is 1790 g/mol.